The van der Waals surface area contributed by atoms with Crippen molar-refractivity contribution in [1.82, 2.24) is 0 Å². The predicted octanol–water partition coefficient (Wildman–Crippen LogP) is 0.668. The van der Waals surface area contributed by atoms with Crippen molar-refractivity contribution >= 4 is 16.4 Å². The number of aldehydes is 1. The van der Waals surface area contributed by atoms with Gasteiger partial charge in [-0.15, -0.1) is 0 Å². The fraction of sp³-hybridized carbons (Fsp3) is 0.900. The van der Waals surface area contributed by atoms with Crippen molar-refractivity contribution < 1.29 is 26.9 Å². The van der Waals surface area contributed by atoms with Gasteiger partial charge in [-0.25, -0.2) is 4.18 Å². The van der Waals surface area contributed by atoms with E-state index in [1.165, 1.54) is 0 Å². The zero-order valence-corrected chi connectivity index (χ0v) is 10.6. The van der Waals surface area contributed by atoms with Crippen LogP contribution in [0.1, 0.15) is 26.2 Å². The largest absolute Gasteiger partial charge is 0.327 e. The molecular weight excluding hydrogens is 248 g/mol. The average Bonchev–Trinajstić information content (AvgIpc) is 2.75. The second-order valence-electron chi connectivity index (χ2n) is 3.89. The van der Waals surface area contributed by atoms with Crippen LogP contribution in [0, 0.1) is 5.92 Å². The minimum Gasteiger partial charge on any atom is -0.327 e. The number of hydrogen-bond acceptors (Lipinski definition) is 6. The van der Waals surface area contributed by atoms with Gasteiger partial charge in [-0.1, -0.05) is 19.8 Å². The highest BCUT2D eigenvalue weighted by Gasteiger charge is 2.27. The van der Waals surface area contributed by atoms with E-state index < -0.39 is 22.5 Å². The first kappa shape index (κ1) is 14.6. The lowest BCUT2D eigenvalue weighted by Gasteiger charge is -2.13. The molecule has 0 aromatic rings. The van der Waals surface area contributed by atoms with Gasteiger partial charge in [0.1, 0.15) is 6.29 Å². The Kier molecular flexibility index (Phi) is 6.04. The molecule has 17 heavy (non-hydrogen) atoms. The van der Waals surface area contributed by atoms with Crippen molar-refractivity contribution in [2.24, 2.45) is 5.92 Å². The predicted molar refractivity (Wildman–Crippen MR) is 59.6 cm³/mol. The maximum atomic E-state index is 11.6. The third kappa shape index (κ3) is 5.58. The monoisotopic (exact) mass is 266 g/mol. The van der Waals surface area contributed by atoms with E-state index in [9.17, 15) is 13.2 Å². The molecule has 1 unspecified atom stereocenters. The molecule has 0 N–H and O–H groups in total. The van der Waals surface area contributed by atoms with Crippen LogP contribution in [0.4, 0.5) is 0 Å². The number of unbranched alkanes of at least 4 members (excludes halogenated alkanes) is 1. The van der Waals surface area contributed by atoms with E-state index in [4.69, 9.17) is 9.47 Å². The van der Waals surface area contributed by atoms with Crippen molar-refractivity contribution in [2.75, 3.05) is 19.0 Å². The third-order valence-corrected chi connectivity index (χ3v) is 3.64. The SMILES string of the molecule is CCCCC(C=O)CS(=O)(=O)OC1OCCO1. The molecule has 0 bridgehead atoms. The molecule has 0 amide bonds. The van der Waals surface area contributed by atoms with Crippen LogP contribution in [0.3, 0.4) is 0 Å². The number of ether oxygens (including phenoxy) is 2. The van der Waals surface area contributed by atoms with Gasteiger partial charge >= 0.3 is 0 Å². The van der Waals surface area contributed by atoms with Crippen molar-refractivity contribution in [3.8, 4) is 0 Å². The van der Waals surface area contributed by atoms with E-state index in [-0.39, 0.29) is 5.75 Å². The lowest BCUT2D eigenvalue weighted by atomic mass is 10.1. The summed E-state index contributed by atoms with van der Waals surface area (Å²) in [6.45, 7) is 1.45. The summed E-state index contributed by atoms with van der Waals surface area (Å²) >= 11 is 0. The molecular formula is C10H18O6S. The van der Waals surface area contributed by atoms with Crippen molar-refractivity contribution in [2.45, 2.75) is 32.7 Å². The van der Waals surface area contributed by atoms with Crippen LogP contribution in [-0.2, 0) is 28.6 Å². The molecule has 100 valence electrons. The zero-order chi connectivity index (χ0) is 12.7. The minimum atomic E-state index is -3.79. The molecule has 0 spiro atoms. The standard InChI is InChI=1S/C10H18O6S/c1-2-3-4-9(7-11)8-17(12,13)16-10-14-5-6-15-10/h7,9-10H,2-6,8H2,1H3. The van der Waals surface area contributed by atoms with E-state index in [1.54, 1.807) is 0 Å². The summed E-state index contributed by atoms with van der Waals surface area (Å²) in [5.41, 5.74) is 0. The molecule has 1 rings (SSSR count). The van der Waals surface area contributed by atoms with Crippen LogP contribution < -0.4 is 0 Å². The topological polar surface area (TPSA) is 78.9 Å². The van der Waals surface area contributed by atoms with Crippen molar-refractivity contribution in [1.29, 1.82) is 0 Å². The Balaban J connectivity index is 2.42. The normalized spacial score (nSPS) is 19.4. The zero-order valence-electron chi connectivity index (χ0n) is 9.83. The van der Waals surface area contributed by atoms with E-state index >= 15 is 0 Å². The van der Waals surface area contributed by atoms with Gasteiger partial charge in [0, 0.05) is 5.92 Å². The lowest BCUT2D eigenvalue weighted by Crippen LogP contribution is -2.25. The minimum absolute atomic E-state index is 0.313. The van der Waals surface area contributed by atoms with Gasteiger partial charge in [-0.2, -0.15) is 8.42 Å². The van der Waals surface area contributed by atoms with Gasteiger partial charge in [-0.3, -0.25) is 0 Å². The quantitative estimate of drug-likeness (QED) is 0.474. The Morgan fingerprint density at radius 3 is 2.59 bits per heavy atom. The lowest BCUT2D eigenvalue weighted by molar-refractivity contribution is -0.173. The van der Waals surface area contributed by atoms with Gasteiger partial charge in [0.05, 0.1) is 19.0 Å². The average molecular weight is 266 g/mol. The summed E-state index contributed by atoms with van der Waals surface area (Å²) < 4.78 is 37.6. The summed E-state index contributed by atoms with van der Waals surface area (Å²) in [7, 11) is -3.79. The Labute approximate surface area is 101 Å². The summed E-state index contributed by atoms with van der Waals surface area (Å²) in [5.74, 6) is -0.846. The van der Waals surface area contributed by atoms with Crippen LogP contribution in [0.2, 0.25) is 0 Å². The Morgan fingerprint density at radius 2 is 2.06 bits per heavy atom. The maximum Gasteiger partial charge on any atom is 0.287 e. The molecule has 1 aliphatic heterocycles. The molecule has 0 aromatic carbocycles. The highest BCUT2D eigenvalue weighted by molar-refractivity contribution is 7.86. The molecule has 1 saturated heterocycles. The molecule has 1 fully saturated rings. The second kappa shape index (κ2) is 7.05. The first-order valence-electron chi connectivity index (χ1n) is 5.67. The third-order valence-electron chi connectivity index (χ3n) is 2.36. The smallest absolute Gasteiger partial charge is 0.287 e. The van der Waals surface area contributed by atoms with Crippen LogP contribution in [0.15, 0.2) is 0 Å². The van der Waals surface area contributed by atoms with E-state index in [0.29, 0.717) is 25.9 Å². The highest BCUT2D eigenvalue weighted by Crippen LogP contribution is 2.14. The van der Waals surface area contributed by atoms with Crippen LogP contribution >= 0.6 is 0 Å². The van der Waals surface area contributed by atoms with E-state index in [1.807, 2.05) is 6.92 Å². The molecule has 1 heterocycles. The van der Waals surface area contributed by atoms with Crippen LogP contribution in [-0.4, -0.2) is 40.1 Å². The molecule has 6 nitrogen and oxygen atoms in total. The Hall–Kier alpha value is -0.500. The first-order chi connectivity index (χ1) is 8.07. The number of carbonyl (C=O) groups is 1. The number of rotatable bonds is 8. The first-order valence-corrected chi connectivity index (χ1v) is 7.24. The number of hydrogen-bond donors (Lipinski definition) is 0. The van der Waals surface area contributed by atoms with Crippen LogP contribution in [0.25, 0.3) is 0 Å². The van der Waals surface area contributed by atoms with Crippen LogP contribution in [0.5, 0.6) is 0 Å². The molecule has 0 aliphatic carbocycles. The maximum absolute atomic E-state index is 11.6. The molecule has 0 radical (unpaired) electrons. The summed E-state index contributed by atoms with van der Waals surface area (Å²) in [5, 5.41) is 0. The van der Waals surface area contributed by atoms with Crippen molar-refractivity contribution in [3.63, 3.8) is 0 Å². The van der Waals surface area contributed by atoms with Gasteiger partial charge in [0.15, 0.2) is 0 Å². The molecule has 1 aliphatic rings. The Morgan fingerprint density at radius 1 is 1.41 bits per heavy atom. The molecule has 7 heteroatoms. The molecule has 0 aromatic heterocycles. The summed E-state index contributed by atoms with van der Waals surface area (Å²) in [6.07, 6.45) is 2.94. The van der Waals surface area contributed by atoms with Gasteiger partial charge < -0.3 is 14.3 Å². The van der Waals surface area contributed by atoms with E-state index in [0.717, 1.165) is 12.8 Å². The van der Waals surface area contributed by atoms with Gasteiger partial charge in [0.25, 0.3) is 16.6 Å². The fourth-order valence-electron chi connectivity index (χ4n) is 1.47. The second-order valence-corrected chi connectivity index (χ2v) is 5.53. The fourth-order valence-corrected chi connectivity index (χ4v) is 2.67. The van der Waals surface area contributed by atoms with Gasteiger partial charge in [0.2, 0.25) is 0 Å². The van der Waals surface area contributed by atoms with Gasteiger partial charge in [-0.05, 0) is 6.42 Å². The molecule has 0 saturated carbocycles. The van der Waals surface area contributed by atoms with Crippen molar-refractivity contribution in [3.05, 3.63) is 0 Å². The molecule has 1 atom stereocenters. The number of carbonyl (C=O) groups excluding carboxylic acids is 1. The highest BCUT2D eigenvalue weighted by atomic mass is 32.2. The summed E-state index contributed by atoms with van der Waals surface area (Å²) in [4.78, 5) is 10.7. The Bertz CT molecular complexity index is 320. The van der Waals surface area contributed by atoms with E-state index in [2.05, 4.69) is 4.18 Å². The summed E-state index contributed by atoms with van der Waals surface area (Å²) in [6, 6.07) is 0.